The minimum Gasteiger partial charge on any atom is -0.340 e. The average molecular weight is 607 g/mol. The molecule has 0 aliphatic carbocycles. The number of benzene rings is 2. The van der Waals surface area contributed by atoms with Gasteiger partial charge >= 0.3 is 6.18 Å². The van der Waals surface area contributed by atoms with Crippen LogP contribution in [0.25, 0.3) is 22.6 Å². The largest absolute Gasteiger partial charge is 0.417 e. The number of nitrogens with zero attached hydrogens (tertiary/aromatic N) is 4. The van der Waals surface area contributed by atoms with E-state index in [1.165, 1.54) is 16.7 Å². The van der Waals surface area contributed by atoms with Gasteiger partial charge in [0.15, 0.2) is 5.69 Å². The van der Waals surface area contributed by atoms with E-state index in [9.17, 15) is 18.0 Å². The van der Waals surface area contributed by atoms with Crippen LogP contribution in [-0.4, -0.2) is 25.1 Å². The molecular weight excluding hydrogens is 586 g/mol. The minimum absolute atomic E-state index is 0.132. The van der Waals surface area contributed by atoms with Crippen LogP contribution < -0.4 is 5.32 Å². The van der Waals surface area contributed by atoms with Gasteiger partial charge < -0.3 is 9.72 Å². The van der Waals surface area contributed by atoms with Gasteiger partial charge in [-0.2, -0.15) is 18.3 Å². The standard InChI is InChI=1S/C28H21Cl3F3N5O/c1-15-24(26(40)36-27(2,3)22-14-38-13-17(28(32,33)34)6-11-23(38)35-22)37-39(21-10-9-19(30)12-20(21)31)25(15)16-4-7-18(29)8-5-16/h4-14H,1-3H3,(H,36,40). The Morgan fingerprint density at radius 1 is 0.925 bits per heavy atom. The van der Waals surface area contributed by atoms with E-state index in [0.29, 0.717) is 43.4 Å². The molecule has 5 rings (SSSR count). The van der Waals surface area contributed by atoms with E-state index >= 15 is 0 Å². The molecule has 0 aliphatic rings. The lowest BCUT2D eigenvalue weighted by molar-refractivity contribution is -0.137. The van der Waals surface area contributed by atoms with Gasteiger partial charge in [0.05, 0.1) is 33.2 Å². The van der Waals surface area contributed by atoms with E-state index in [0.717, 1.165) is 17.8 Å². The quantitative estimate of drug-likeness (QED) is 0.220. The van der Waals surface area contributed by atoms with Crippen molar-refractivity contribution in [1.82, 2.24) is 24.5 Å². The van der Waals surface area contributed by atoms with Crippen LogP contribution in [-0.2, 0) is 11.7 Å². The molecule has 12 heteroatoms. The van der Waals surface area contributed by atoms with Crippen molar-refractivity contribution in [3.63, 3.8) is 0 Å². The lowest BCUT2D eigenvalue weighted by Gasteiger charge is -2.23. The van der Waals surface area contributed by atoms with E-state index in [2.05, 4.69) is 15.4 Å². The fourth-order valence-corrected chi connectivity index (χ4v) is 4.97. The number of hydrogen-bond donors (Lipinski definition) is 1. The Labute approximate surface area is 242 Å². The fourth-order valence-electron chi connectivity index (χ4n) is 4.35. The summed E-state index contributed by atoms with van der Waals surface area (Å²) in [7, 11) is 0. The molecule has 0 atom stereocenters. The summed E-state index contributed by atoms with van der Waals surface area (Å²) in [6, 6.07) is 14.3. The molecule has 0 bridgehead atoms. The van der Waals surface area contributed by atoms with Gasteiger partial charge in [0.25, 0.3) is 5.91 Å². The summed E-state index contributed by atoms with van der Waals surface area (Å²) in [4.78, 5) is 18.1. The van der Waals surface area contributed by atoms with E-state index in [1.807, 2.05) is 12.1 Å². The van der Waals surface area contributed by atoms with Crippen LogP contribution in [0.4, 0.5) is 13.2 Å². The normalized spacial score (nSPS) is 12.2. The number of carbonyl (C=O) groups is 1. The SMILES string of the molecule is Cc1c(C(=O)NC(C)(C)c2cn3cc(C(F)(F)F)ccc3n2)nn(-c2ccc(Cl)cc2Cl)c1-c1ccc(Cl)cc1. The lowest BCUT2D eigenvalue weighted by Crippen LogP contribution is -2.41. The van der Waals surface area contributed by atoms with Crippen molar-refractivity contribution in [2.24, 2.45) is 0 Å². The van der Waals surface area contributed by atoms with Crippen LogP contribution in [0.15, 0.2) is 67.0 Å². The highest BCUT2D eigenvalue weighted by Gasteiger charge is 2.33. The molecular formula is C28H21Cl3F3N5O. The molecule has 0 saturated carbocycles. The summed E-state index contributed by atoms with van der Waals surface area (Å²) in [5, 5.41) is 8.87. The first-order valence-electron chi connectivity index (χ1n) is 11.9. The Kier molecular flexibility index (Phi) is 7.10. The molecule has 5 aromatic rings. The number of alkyl halides is 3. The van der Waals surface area contributed by atoms with Gasteiger partial charge in [-0.3, -0.25) is 4.79 Å². The predicted octanol–water partition coefficient (Wildman–Crippen LogP) is 8.14. The van der Waals surface area contributed by atoms with Crippen LogP contribution in [0.2, 0.25) is 15.1 Å². The second-order valence-electron chi connectivity index (χ2n) is 9.72. The van der Waals surface area contributed by atoms with Gasteiger partial charge in [-0.05, 0) is 63.2 Å². The molecule has 40 heavy (non-hydrogen) atoms. The number of halogens is 6. The number of rotatable bonds is 5. The van der Waals surface area contributed by atoms with E-state index < -0.39 is 23.2 Å². The smallest absolute Gasteiger partial charge is 0.340 e. The highest BCUT2D eigenvalue weighted by atomic mass is 35.5. The van der Waals surface area contributed by atoms with Gasteiger partial charge in [0.1, 0.15) is 5.65 Å². The van der Waals surface area contributed by atoms with Crippen LogP contribution >= 0.6 is 34.8 Å². The second-order valence-corrected chi connectivity index (χ2v) is 11.0. The number of imidazole rings is 1. The third-order valence-corrected chi connectivity index (χ3v) is 7.23. The van der Waals surface area contributed by atoms with Crippen molar-refractivity contribution in [3.8, 4) is 16.9 Å². The third-order valence-electron chi connectivity index (χ3n) is 6.44. The zero-order valence-corrected chi connectivity index (χ0v) is 23.6. The summed E-state index contributed by atoms with van der Waals surface area (Å²) in [6.07, 6.45) is -2.07. The van der Waals surface area contributed by atoms with Crippen molar-refractivity contribution in [1.29, 1.82) is 0 Å². The summed E-state index contributed by atoms with van der Waals surface area (Å²) < 4.78 is 42.4. The van der Waals surface area contributed by atoms with Crippen molar-refractivity contribution in [2.45, 2.75) is 32.5 Å². The first kappa shape index (κ1) is 28.0. The number of pyridine rings is 1. The lowest BCUT2D eigenvalue weighted by atomic mass is 10.0. The van der Waals surface area contributed by atoms with Gasteiger partial charge in [-0.1, -0.05) is 46.9 Å². The average Bonchev–Trinajstić information content (AvgIpc) is 3.45. The van der Waals surface area contributed by atoms with Crippen LogP contribution in [0.3, 0.4) is 0 Å². The molecule has 6 nitrogen and oxygen atoms in total. The maximum absolute atomic E-state index is 13.6. The second kappa shape index (κ2) is 10.1. The first-order chi connectivity index (χ1) is 18.7. The van der Waals surface area contributed by atoms with Crippen LogP contribution in [0.5, 0.6) is 0 Å². The fraction of sp³-hybridized carbons (Fsp3) is 0.179. The number of hydrogen-bond acceptors (Lipinski definition) is 3. The molecule has 0 fully saturated rings. The number of nitrogens with one attached hydrogen (secondary N) is 1. The summed E-state index contributed by atoms with van der Waals surface area (Å²) in [5.74, 6) is -0.505. The Morgan fingerprint density at radius 3 is 2.25 bits per heavy atom. The Morgan fingerprint density at radius 2 is 1.60 bits per heavy atom. The minimum atomic E-state index is -4.49. The molecule has 206 valence electrons. The molecule has 3 heterocycles. The summed E-state index contributed by atoms with van der Waals surface area (Å²) >= 11 is 18.7. The zero-order valence-electron chi connectivity index (χ0n) is 21.3. The zero-order chi connectivity index (χ0) is 29.0. The molecule has 3 aromatic heterocycles. The van der Waals surface area contributed by atoms with Crippen molar-refractivity contribution in [3.05, 3.63) is 105 Å². The Hall–Kier alpha value is -3.53. The molecule has 0 spiro atoms. The van der Waals surface area contributed by atoms with Gasteiger partial charge in [-0.25, -0.2) is 9.67 Å². The highest BCUT2D eigenvalue weighted by molar-refractivity contribution is 6.35. The Balaban J connectivity index is 1.54. The maximum atomic E-state index is 13.6. The van der Waals surface area contributed by atoms with Crippen LogP contribution in [0, 0.1) is 6.92 Å². The molecule has 0 unspecified atom stereocenters. The van der Waals surface area contributed by atoms with E-state index in [1.54, 1.807) is 55.8 Å². The monoisotopic (exact) mass is 605 g/mol. The molecule has 0 aliphatic heterocycles. The maximum Gasteiger partial charge on any atom is 0.417 e. The van der Waals surface area contributed by atoms with Gasteiger partial charge in [-0.15, -0.1) is 0 Å². The summed E-state index contributed by atoms with van der Waals surface area (Å²) in [6.45, 7) is 5.18. The highest BCUT2D eigenvalue weighted by Crippen LogP contribution is 2.34. The molecule has 1 N–H and O–H groups in total. The van der Waals surface area contributed by atoms with Crippen LogP contribution in [0.1, 0.15) is 41.2 Å². The van der Waals surface area contributed by atoms with Crippen molar-refractivity contribution >= 4 is 46.4 Å². The molecule has 2 aromatic carbocycles. The topological polar surface area (TPSA) is 64.2 Å². The van der Waals surface area contributed by atoms with E-state index in [4.69, 9.17) is 34.8 Å². The third kappa shape index (κ3) is 5.29. The predicted molar refractivity (Wildman–Crippen MR) is 149 cm³/mol. The molecule has 0 radical (unpaired) electrons. The number of amides is 1. The van der Waals surface area contributed by atoms with Gasteiger partial charge in [0, 0.05) is 33.6 Å². The summed E-state index contributed by atoms with van der Waals surface area (Å²) in [5.41, 5.74) is 1.41. The number of fused-ring (bicyclic) bond motifs is 1. The molecule has 0 saturated heterocycles. The van der Waals surface area contributed by atoms with Crippen molar-refractivity contribution in [2.75, 3.05) is 0 Å². The Bertz CT molecular complexity index is 1760. The van der Waals surface area contributed by atoms with Gasteiger partial charge in [0.2, 0.25) is 0 Å². The number of carbonyl (C=O) groups excluding carboxylic acids is 1. The van der Waals surface area contributed by atoms with E-state index in [-0.39, 0.29) is 5.69 Å². The van der Waals surface area contributed by atoms with Crippen molar-refractivity contribution < 1.29 is 18.0 Å². The first-order valence-corrected chi connectivity index (χ1v) is 13.1. The number of aromatic nitrogens is 4. The molecule has 1 amide bonds.